The molecule has 0 aromatic carbocycles. The lowest BCUT2D eigenvalue weighted by atomic mass is 10.3. The Morgan fingerprint density at radius 3 is 2.67 bits per heavy atom. The van der Waals surface area contributed by atoms with Crippen LogP contribution in [0.3, 0.4) is 0 Å². The minimum absolute atomic E-state index is 0.0963. The number of nitrogens with one attached hydrogen (secondary N) is 1. The van der Waals surface area contributed by atoms with E-state index in [9.17, 15) is 13.2 Å². The molecule has 0 radical (unpaired) electrons. The van der Waals surface area contributed by atoms with Gasteiger partial charge in [-0.2, -0.15) is 11.8 Å². The lowest BCUT2D eigenvalue weighted by molar-refractivity contribution is 0.520. The maximum absolute atomic E-state index is 12.2. The molecule has 0 aliphatic carbocycles. The SMILES string of the molecule is CN(C)S(=O)(=O)c1ccc(-n2[nH]c3c(c2=O)CSC3)nc1. The highest BCUT2D eigenvalue weighted by Crippen LogP contribution is 2.26. The fraction of sp³-hybridized carbons (Fsp3) is 0.333. The third-order valence-electron chi connectivity index (χ3n) is 3.29. The first-order valence-electron chi connectivity index (χ1n) is 6.21. The van der Waals surface area contributed by atoms with Crippen LogP contribution in [-0.4, -0.2) is 41.6 Å². The van der Waals surface area contributed by atoms with Gasteiger partial charge in [-0.15, -0.1) is 0 Å². The summed E-state index contributed by atoms with van der Waals surface area (Å²) in [6.45, 7) is 0. The molecule has 0 bridgehead atoms. The molecule has 112 valence electrons. The zero-order chi connectivity index (χ0) is 15.2. The number of fused-ring (bicyclic) bond motifs is 1. The number of nitrogens with zero attached hydrogens (tertiary/aromatic N) is 3. The Morgan fingerprint density at radius 1 is 1.33 bits per heavy atom. The summed E-state index contributed by atoms with van der Waals surface area (Å²) in [6, 6.07) is 2.97. The number of thioether (sulfide) groups is 1. The van der Waals surface area contributed by atoms with Crippen molar-refractivity contribution in [3.8, 4) is 5.82 Å². The number of hydrogen-bond acceptors (Lipinski definition) is 5. The Labute approximate surface area is 126 Å². The Morgan fingerprint density at radius 2 is 2.10 bits per heavy atom. The lowest BCUT2D eigenvalue weighted by Gasteiger charge is -2.11. The molecule has 9 heteroatoms. The molecule has 2 aromatic rings. The normalized spacial score (nSPS) is 14.6. The average Bonchev–Trinajstić information content (AvgIpc) is 3.02. The van der Waals surface area contributed by atoms with Crippen LogP contribution in [0.2, 0.25) is 0 Å². The summed E-state index contributed by atoms with van der Waals surface area (Å²) in [5.41, 5.74) is 1.56. The van der Waals surface area contributed by atoms with E-state index in [1.54, 1.807) is 11.8 Å². The number of sulfonamides is 1. The number of H-pyrrole nitrogens is 1. The van der Waals surface area contributed by atoms with Gasteiger partial charge in [0.15, 0.2) is 5.82 Å². The zero-order valence-electron chi connectivity index (χ0n) is 11.5. The van der Waals surface area contributed by atoms with E-state index in [-0.39, 0.29) is 10.5 Å². The topological polar surface area (TPSA) is 88.1 Å². The first kappa shape index (κ1) is 14.4. The van der Waals surface area contributed by atoms with Crippen LogP contribution in [0.25, 0.3) is 5.82 Å². The molecule has 0 atom stereocenters. The van der Waals surface area contributed by atoms with Crippen molar-refractivity contribution < 1.29 is 8.42 Å². The fourth-order valence-electron chi connectivity index (χ4n) is 2.07. The van der Waals surface area contributed by atoms with Crippen LogP contribution in [0.15, 0.2) is 28.0 Å². The average molecular weight is 326 g/mol. The monoisotopic (exact) mass is 326 g/mol. The van der Waals surface area contributed by atoms with Gasteiger partial charge in [-0.1, -0.05) is 0 Å². The van der Waals surface area contributed by atoms with Gasteiger partial charge >= 0.3 is 0 Å². The van der Waals surface area contributed by atoms with Crippen molar-refractivity contribution in [2.75, 3.05) is 14.1 Å². The maximum Gasteiger partial charge on any atom is 0.276 e. The van der Waals surface area contributed by atoms with E-state index in [1.807, 2.05) is 0 Å². The predicted octanol–water partition coefficient (Wildman–Crippen LogP) is 0.558. The Balaban J connectivity index is 2.01. The van der Waals surface area contributed by atoms with Crippen molar-refractivity contribution in [3.63, 3.8) is 0 Å². The molecule has 2 aromatic heterocycles. The predicted molar refractivity (Wildman–Crippen MR) is 80.1 cm³/mol. The summed E-state index contributed by atoms with van der Waals surface area (Å²) in [6.07, 6.45) is 1.26. The van der Waals surface area contributed by atoms with Gasteiger partial charge in [0.25, 0.3) is 5.56 Å². The van der Waals surface area contributed by atoms with E-state index in [0.29, 0.717) is 11.6 Å². The molecule has 0 unspecified atom stereocenters. The van der Waals surface area contributed by atoms with Crippen LogP contribution < -0.4 is 5.56 Å². The quantitative estimate of drug-likeness (QED) is 0.890. The highest BCUT2D eigenvalue weighted by Gasteiger charge is 2.22. The summed E-state index contributed by atoms with van der Waals surface area (Å²) in [7, 11) is -0.594. The van der Waals surface area contributed by atoms with Crippen molar-refractivity contribution in [2.24, 2.45) is 0 Å². The van der Waals surface area contributed by atoms with Crippen LogP contribution in [0.1, 0.15) is 11.3 Å². The molecular formula is C12H14N4O3S2. The van der Waals surface area contributed by atoms with E-state index in [4.69, 9.17) is 0 Å². The third-order valence-corrected chi connectivity index (χ3v) is 6.08. The second-order valence-corrected chi connectivity index (χ2v) is 7.98. The van der Waals surface area contributed by atoms with Crippen LogP contribution in [0.4, 0.5) is 0 Å². The molecule has 0 amide bonds. The van der Waals surface area contributed by atoms with E-state index < -0.39 is 10.0 Å². The lowest BCUT2D eigenvalue weighted by Crippen LogP contribution is -2.23. The summed E-state index contributed by atoms with van der Waals surface area (Å²) in [5.74, 6) is 1.87. The van der Waals surface area contributed by atoms with Gasteiger partial charge in [0, 0.05) is 31.8 Å². The van der Waals surface area contributed by atoms with Crippen LogP contribution >= 0.6 is 11.8 Å². The van der Waals surface area contributed by atoms with E-state index in [1.165, 1.54) is 37.1 Å². The summed E-state index contributed by atoms with van der Waals surface area (Å²) < 4.78 is 26.4. The maximum atomic E-state index is 12.2. The van der Waals surface area contributed by atoms with Gasteiger partial charge in [0.05, 0.1) is 11.3 Å². The van der Waals surface area contributed by atoms with E-state index >= 15 is 0 Å². The Hall–Kier alpha value is -1.58. The molecule has 1 N–H and O–H groups in total. The first-order chi connectivity index (χ1) is 9.91. The van der Waals surface area contributed by atoms with Gasteiger partial charge in [-0.05, 0) is 12.1 Å². The largest absolute Gasteiger partial charge is 0.292 e. The third kappa shape index (κ3) is 2.30. The summed E-state index contributed by atoms with van der Waals surface area (Å²) >= 11 is 1.69. The zero-order valence-corrected chi connectivity index (χ0v) is 13.2. The van der Waals surface area contributed by atoms with Crippen molar-refractivity contribution in [3.05, 3.63) is 39.9 Å². The molecule has 1 aliphatic rings. The van der Waals surface area contributed by atoms with E-state index in [0.717, 1.165) is 21.3 Å². The standard InChI is InChI=1S/C12H14N4O3S2/c1-15(2)21(18,19)8-3-4-11(13-5-8)16-12(17)9-6-20-7-10(9)14-16/h3-5,14H,6-7H2,1-2H3. The highest BCUT2D eigenvalue weighted by atomic mass is 32.2. The molecule has 3 rings (SSSR count). The van der Waals surface area contributed by atoms with E-state index in [2.05, 4.69) is 10.1 Å². The number of aromatic nitrogens is 3. The summed E-state index contributed by atoms with van der Waals surface area (Å²) in [4.78, 5) is 16.4. The molecule has 0 saturated carbocycles. The van der Waals surface area contributed by atoms with Gasteiger partial charge in [-0.3, -0.25) is 9.89 Å². The second-order valence-electron chi connectivity index (χ2n) is 4.84. The smallest absolute Gasteiger partial charge is 0.276 e. The first-order valence-corrected chi connectivity index (χ1v) is 8.80. The fourth-order valence-corrected chi connectivity index (χ4v) is 3.96. The van der Waals surface area contributed by atoms with Crippen LogP contribution in [0, 0.1) is 0 Å². The van der Waals surface area contributed by atoms with Crippen molar-refractivity contribution in [1.82, 2.24) is 19.1 Å². The molecule has 3 heterocycles. The number of aromatic amines is 1. The van der Waals surface area contributed by atoms with Crippen molar-refractivity contribution in [1.29, 1.82) is 0 Å². The molecule has 0 saturated heterocycles. The van der Waals surface area contributed by atoms with Crippen molar-refractivity contribution in [2.45, 2.75) is 16.4 Å². The second kappa shape index (κ2) is 5.00. The molecule has 7 nitrogen and oxygen atoms in total. The highest BCUT2D eigenvalue weighted by molar-refractivity contribution is 7.98. The van der Waals surface area contributed by atoms with Gasteiger partial charge in [0.1, 0.15) is 4.90 Å². The van der Waals surface area contributed by atoms with Gasteiger partial charge in [-0.25, -0.2) is 22.4 Å². The molecule has 21 heavy (non-hydrogen) atoms. The Kier molecular flexibility index (Phi) is 3.42. The van der Waals surface area contributed by atoms with Crippen LogP contribution in [0.5, 0.6) is 0 Å². The van der Waals surface area contributed by atoms with Crippen molar-refractivity contribution >= 4 is 21.8 Å². The minimum Gasteiger partial charge on any atom is -0.292 e. The van der Waals surface area contributed by atoms with Gasteiger partial charge < -0.3 is 0 Å². The molecule has 0 spiro atoms. The van der Waals surface area contributed by atoms with Gasteiger partial charge in [0.2, 0.25) is 10.0 Å². The Bertz CT molecular complexity index is 834. The minimum atomic E-state index is -3.51. The molecule has 1 aliphatic heterocycles. The number of hydrogen-bond donors (Lipinski definition) is 1. The van der Waals surface area contributed by atoms with Crippen LogP contribution in [-0.2, 0) is 21.5 Å². The number of rotatable bonds is 3. The summed E-state index contributed by atoms with van der Waals surface area (Å²) in [5, 5.41) is 3.02. The number of pyridine rings is 1. The molecular weight excluding hydrogens is 312 g/mol. The molecule has 0 fully saturated rings.